The zero-order valence-electron chi connectivity index (χ0n) is 18.0. The average Bonchev–Trinajstić information content (AvgIpc) is 3.58. The Kier molecular flexibility index (Phi) is 6.48. The topological polar surface area (TPSA) is 111 Å². The second-order valence-corrected chi connectivity index (χ2v) is 8.42. The lowest BCUT2D eigenvalue weighted by Gasteiger charge is -2.26. The zero-order valence-corrected chi connectivity index (χ0v) is 18.8. The fourth-order valence-corrected chi connectivity index (χ4v) is 4.06. The van der Waals surface area contributed by atoms with E-state index in [2.05, 4.69) is 37.4 Å². The number of H-pyrrole nitrogens is 1. The van der Waals surface area contributed by atoms with E-state index in [1.807, 2.05) is 30.3 Å². The minimum Gasteiger partial charge on any atom is -0.493 e. The molecule has 0 saturated heterocycles. The number of anilines is 1. The lowest BCUT2D eigenvalue weighted by atomic mass is 10.2. The molecular formula is C24H21N5O4S. The number of fused-ring (bicyclic) bond motifs is 1. The van der Waals surface area contributed by atoms with Gasteiger partial charge in [0, 0.05) is 17.4 Å². The predicted molar refractivity (Wildman–Crippen MR) is 127 cm³/mol. The number of rotatable bonds is 8. The summed E-state index contributed by atoms with van der Waals surface area (Å²) >= 11 is 1.73. The number of nitrogens with zero attached hydrogens (tertiary/aromatic N) is 3. The van der Waals surface area contributed by atoms with Crippen LogP contribution < -0.4 is 19.5 Å². The summed E-state index contributed by atoms with van der Waals surface area (Å²) in [6.07, 6.45) is 3.56. The van der Waals surface area contributed by atoms with E-state index in [1.54, 1.807) is 35.6 Å². The van der Waals surface area contributed by atoms with Crippen molar-refractivity contribution in [3.8, 4) is 17.2 Å². The molecule has 5 rings (SSSR count). The Labute approximate surface area is 199 Å². The fourth-order valence-electron chi connectivity index (χ4n) is 3.37. The second kappa shape index (κ2) is 10.2. The van der Waals surface area contributed by atoms with Gasteiger partial charge in [-0.2, -0.15) is 5.21 Å². The maximum atomic E-state index is 12.5. The van der Waals surface area contributed by atoms with Gasteiger partial charge in [-0.1, -0.05) is 29.5 Å². The SMILES string of the molecule is O=C(/C=C/c1ccc(OCCc2cccs2)cc1)Nc1cccc2c1OC(c1nn[nH]n1)CO2. The van der Waals surface area contributed by atoms with Crippen LogP contribution in [0.15, 0.2) is 66.1 Å². The van der Waals surface area contributed by atoms with Crippen molar-refractivity contribution in [1.29, 1.82) is 0 Å². The molecule has 2 aromatic heterocycles. The van der Waals surface area contributed by atoms with Crippen molar-refractivity contribution in [2.45, 2.75) is 12.5 Å². The van der Waals surface area contributed by atoms with Gasteiger partial charge in [0.15, 0.2) is 17.6 Å². The van der Waals surface area contributed by atoms with Gasteiger partial charge < -0.3 is 19.5 Å². The van der Waals surface area contributed by atoms with Crippen LogP contribution in [0.1, 0.15) is 22.4 Å². The van der Waals surface area contributed by atoms with E-state index < -0.39 is 6.10 Å². The third-order valence-corrected chi connectivity index (χ3v) is 5.98. The molecule has 1 unspecified atom stereocenters. The van der Waals surface area contributed by atoms with Crippen LogP contribution in [-0.2, 0) is 11.2 Å². The van der Waals surface area contributed by atoms with Crippen molar-refractivity contribution in [2.24, 2.45) is 0 Å². The number of ether oxygens (including phenoxy) is 3. The van der Waals surface area contributed by atoms with Gasteiger partial charge in [0.1, 0.15) is 12.4 Å². The first-order valence-electron chi connectivity index (χ1n) is 10.6. The molecule has 0 aliphatic carbocycles. The average molecular weight is 476 g/mol. The molecule has 1 aliphatic rings. The number of tetrazole rings is 1. The highest BCUT2D eigenvalue weighted by Crippen LogP contribution is 2.41. The van der Waals surface area contributed by atoms with Crippen LogP contribution in [-0.4, -0.2) is 39.7 Å². The molecule has 34 heavy (non-hydrogen) atoms. The number of benzene rings is 2. The number of hydrogen-bond acceptors (Lipinski definition) is 8. The van der Waals surface area contributed by atoms with Gasteiger partial charge in [0.05, 0.1) is 12.3 Å². The van der Waals surface area contributed by atoms with Gasteiger partial charge in [0.25, 0.3) is 0 Å². The molecule has 1 amide bonds. The van der Waals surface area contributed by atoms with Gasteiger partial charge in [-0.3, -0.25) is 4.79 Å². The van der Waals surface area contributed by atoms with Gasteiger partial charge in [-0.25, -0.2) is 0 Å². The van der Waals surface area contributed by atoms with Crippen molar-refractivity contribution >= 4 is 29.0 Å². The minimum absolute atomic E-state index is 0.248. The quantitative estimate of drug-likeness (QED) is 0.370. The Morgan fingerprint density at radius 2 is 2.12 bits per heavy atom. The summed E-state index contributed by atoms with van der Waals surface area (Å²) < 4.78 is 17.5. The van der Waals surface area contributed by atoms with E-state index in [0.29, 0.717) is 29.6 Å². The number of aromatic nitrogens is 4. The molecule has 4 aromatic rings. The van der Waals surface area contributed by atoms with E-state index in [0.717, 1.165) is 17.7 Å². The van der Waals surface area contributed by atoms with E-state index in [1.165, 1.54) is 11.0 Å². The monoisotopic (exact) mass is 475 g/mol. The summed E-state index contributed by atoms with van der Waals surface area (Å²) in [6, 6.07) is 17.0. The summed E-state index contributed by atoms with van der Waals surface area (Å²) in [5, 5.41) is 18.7. The summed E-state index contributed by atoms with van der Waals surface area (Å²) in [5.74, 6) is 1.84. The summed E-state index contributed by atoms with van der Waals surface area (Å²) in [4.78, 5) is 13.8. The molecule has 0 saturated carbocycles. The molecule has 3 heterocycles. The largest absolute Gasteiger partial charge is 0.493 e. The molecule has 0 bridgehead atoms. The van der Waals surface area contributed by atoms with Crippen LogP contribution in [0.5, 0.6) is 17.2 Å². The first-order chi connectivity index (χ1) is 16.7. The summed E-state index contributed by atoms with van der Waals surface area (Å²) in [7, 11) is 0. The molecule has 1 aliphatic heterocycles. The number of amides is 1. The van der Waals surface area contributed by atoms with Crippen molar-refractivity contribution in [3.05, 3.63) is 82.3 Å². The predicted octanol–water partition coefficient (Wildman–Crippen LogP) is 4.05. The molecule has 10 heteroatoms. The van der Waals surface area contributed by atoms with Crippen LogP contribution in [0.25, 0.3) is 6.08 Å². The number of hydrogen-bond donors (Lipinski definition) is 2. The van der Waals surface area contributed by atoms with Crippen LogP contribution in [0.4, 0.5) is 5.69 Å². The van der Waals surface area contributed by atoms with Gasteiger partial charge in [-0.05, 0) is 47.4 Å². The Balaban J connectivity index is 1.17. The zero-order chi connectivity index (χ0) is 23.2. The Hall–Kier alpha value is -4.18. The first kappa shape index (κ1) is 21.7. The van der Waals surface area contributed by atoms with E-state index in [4.69, 9.17) is 14.2 Å². The van der Waals surface area contributed by atoms with E-state index in [-0.39, 0.29) is 12.5 Å². The van der Waals surface area contributed by atoms with Crippen LogP contribution in [0, 0.1) is 0 Å². The van der Waals surface area contributed by atoms with Crippen LogP contribution >= 0.6 is 11.3 Å². The second-order valence-electron chi connectivity index (χ2n) is 7.39. The maximum Gasteiger partial charge on any atom is 0.248 e. The first-order valence-corrected chi connectivity index (χ1v) is 11.5. The molecule has 172 valence electrons. The van der Waals surface area contributed by atoms with Crippen molar-refractivity contribution in [2.75, 3.05) is 18.5 Å². The van der Waals surface area contributed by atoms with Crippen molar-refractivity contribution < 1.29 is 19.0 Å². The molecule has 0 spiro atoms. The maximum absolute atomic E-state index is 12.5. The standard InChI is InChI=1S/C24H21N5O4S/c30-22(11-8-16-6-9-17(10-7-16)31-13-12-18-3-2-14-34-18)25-19-4-1-5-20-23(19)33-21(15-32-20)24-26-28-29-27-24/h1-11,14,21H,12-13,15H2,(H,25,30)(H,26,27,28,29)/b11-8+. The van der Waals surface area contributed by atoms with E-state index in [9.17, 15) is 4.79 Å². The molecule has 0 radical (unpaired) electrons. The van der Waals surface area contributed by atoms with E-state index >= 15 is 0 Å². The van der Waals surface area contributed by atoms with Gasteiger partial charge >= 0.3 is 0 Å². The highest BCUT2D eigenvalue weighted by atomic mass is 32.1. The van der Waals surface area contributed by atoms with Crippen LogP contribution in [0.2, 0.25) is 0 Å². The molecule has 2 aromatic carbocycles. The lowest BCUT2D eigenvalue weighted by molar-refractivity contribution is -0.111. The third-order valence-electron chi connectivity index (χ3n) is 5.04. The highest BCUT2D eigenvalue weighted by Gasteiger charge is 2.28. The van der Waals surface area contributed by atoms with Crippen molar-refractivity contribution in [3.63, 3.8) is 0 Å². The Morgan fingerprint density at radius 1 is 1.21 bits per heavy atom. The normalized spacial score (nSPS) is 14.8. The Morgan fingerprint density at radius 3 is 2.91 bits per heavy atom. The van der Waals surface area contributed by atoms with Gasteiger partial charge in [0.2, 0.25) is 11.7 Å². The number of para-hydroxylation sites is 1. The van der Waals surface area contributed by atoms with Crippen molar-refractivity contribution in [1.82, 2.24) is 20.6 Å². The number of aromatic amines is 1. The third kappa shape index (κ3) is 5.24. The fraction of sp³-hybridized carbons (Fsp3) is 0.167. The smallest absolute Gasteiger partial charge is 0.248 e. The molecule has 0 fully saturated rings. The number of nitrogens with one attached hydrogen (secondary N) is 2. The minimum atomic E-state index is -0.522. The number of carbonyl (C=O) groups is 1. The molecule has 1 atom stereocenters. The van der Waals surface area contributed by atoms with Gasteiger partial charge in [-0.15, -0.1) is 21.5 Å². The number of carbonyl (C=O) groups excluding carboxylic acids is 1. The molecule has 2 N–H and O–H groups in total. The summed E-state index contributed by atoms with van der Waals surface area (Å²) in [5.41, 5.74) is 1.38. The summed E-state index contributed by atoms with van der Waals surface area (Å²) in [6.45, 7) is 0.871. The molecule has 9 nitrogen and oxygen atoms in total. The van der Waals surface area contributed by atoms with Crippen LogP contribution in [0.3, 0.4) is 0 Å². The highest BCUT2D eigenvalue weighted by molar-refractivity contribution is 7.09. The number of thiophene rings is 1. The lowest BCUT2D eigenvalue weighted by Crippen LogP contribution is -2.24. The Bertz CT molecular complexity index is 1260. The molecular weight excluding hydrogens is 454 g/mol.